The lowest BCUT2D eigenvalue weighted by Crippen LogP contribution is -2.09. The Labute approximate surface area is 140 Å². The van der Waals surface area contributed by atoms with E-state index in [0.717, 1.165) is 18.7 Å². The van der Waals surface area contributed by atoms with Crippen molar-refractivity contribution in [3.63, 3.8) is 0 Å². The summed E-state index contributed by atoms with van der Waals surface area (Å²) in [7, 11) is 1.68. The maximum absolute atomic E-state index is 6.16. The summed E-state index contributed by atoms with van der Waals surface area (Å²) in [5.74, 6) is 1.19. The van der Waals surface area contributed by atoms with E-state index in [1.165, 1.54) is 0 Å². The highest BCUT2D eigenvalue weighted by molar-refractivity contribution is 6.39. The number of nitrogens with one attached hydrogen (secondary N) is 2. The van der Waals surface area contributed by atoms with Gasteiger partial charge in [0.05, 0.1) is 15.7 Å². The highest BCUT2D eigenvalue weighted by Gasteiger charge is 2.08. The number of benzene rings is 1. The van der Waals surface area contributed by atoms with Crippen molar-refractivity contribution in [2.45, 2.75) is 13.3 Å². The van der Waals surface area contributed by atoms with Gasteiger partial charge in [-0.25, -0.2) is 4.98 Å². The Hall–Kier alpha value is -1.56. The Kier molecular flexibility index (Phi) is 6.24. The number of rotatable bonds is 7. The monoisotopic (exact) mass is 340 g/mol. The van der Waals surface area contributed by atoms with Crippen LogP contribution in [0.15, 0.2) is 24.3 Å². The van der Waals surface area contributed by atoms with Crippen LogP contribution >= 0.6 is 23.2 Å². The summed E-state index contributed by atoms with van der Waals surface area (Å²) in [6.45, 7) is 3.34. The van der Waals surface area contributed by atoms with Gasteiger partial charge in [0, 0.05) is 32.0 Å². The summed E-state index contributed by atoms with van der Waals surface area (Å²) in [5, 5.41) is 7.39. The molecule has 0 atom stereocenters. The number of para-hydroxylation sites is 1. The van der Waals surface area contributed by atoms with Crippen LogP contribution in [0.5, 0.6) is 0 Å². The van der Waals surface area contributed by atoms with Gasteiger partial charge in [0.25, 0.3) is 0 Å². The van der Waals surface area contributed by atoms with Crippen LogP contribution in [0.1, 0.15) is 12.1 Å². The maximum Gasteiger partial charge on any atom is 0.224 e. The van der Waals surface area contributed by atoms with Crippen molar-refractivity contribution in [3.8, 4) is 0 Å². The maximum atomic E-state index is 6.16. The van der Waals surface area contributed by atoms with Crippen molar-refractivity contribution < 1.29 is 4.74 Å². The molecular weight excluding hydrogens is 323 g/mol. The standard InChI is InChI=1S/C15H18Cl2N4O/c1-10-9-13(20-14-11(16)5-3-6-12(14)17)21-15(19-10)18-7-4-8-22-2/h3,5-6,9H,4,7-8H2,1-2H3,(H2,18,19,20,21). The van der Waals surface area contributed by atoms with Gasteiger partial charge in [0.15, 0.2) is 0 Å². The Morgan fingerprint density at radius 2 is 1.91 bits per heavy atom. The molecule has 0 amide bonds. The normalized spacial score (nSPS) is 10.5. The fourth-order valence-corrected chi connectivity index (χ4v) is 2.37. The molecule has 22 heavy (non-hydrogen) atoms. The molecule has 0 bridgehead atoms. The first-order valence-electron chi connectivity index (χ1n) is 6.89. The molecule has 1 heterocycles. The first-order chi connectivity index (χ1) is 10.6. The lowest BCUT2D eigenvalue weighted by atomic mass is 10.3. The average molecular weight is 341 g/mol. The van der Waals surface area contributed by atoms with Gasteiger partial charge in [-0.15, -0.1) is 0 Å². The molecule has 0 saturated carbocycles. The minimum absolute atomic E-state index is 0.540. The third-order valence-electron chi connectivity index (χ3n) is 2.88. The predicted octanol–water partition coefficient (Wildman–Crippen LogP) is 4.28. The highest BCUT2D eigenvalue weighted by Crippen LogP contribution is 2.32. The molecule has 2 aromatic rings. The first-order valence-corrected chi connectivity index (χ1v) is 7.65. The van der Waals surface area contributed by atoms with Gasteiger partial charge < -0.3 is 15.4 Å². The van der Waals surface area contributed by atoms with Gasteiger partial charge in [-0.1, -0.05) is 29.3 Å². The van der Waals surface area contributed by atoms with Crippen molar-refractivity contribution in [2.24, 2.45) is 0 Å². The van der Waals surface area contributed by atoms with Crippen molar-refractivity contribution in [1.82, 2.24) is 9.97 Å². The number of halogens is 2. The van der Waals surface area contributed by atoms with Crippen LogP contribution < -0.4 is 10.6 Å². The minimum atomic E-state index is 0.540. The average Bonchev–Trinajstić information content (AvgIpc) is 2.47. The van der Waals surface area contributed by atoms with Crippen LogP contribution in [-0.2, 0) is 4.74 Å². The highest BCUT2D eigenvalue weighted by atomic mass is 35.5. The number of methoxy groups -OCH3 is 1. The number of ether oxygens (including phenoxy) is 1. The molecule has 0 spiro atoms. The predicted molar refractivity (Wildman–Crippen MR) is 91.5 cm³/mol. The van der Waals surface area contributed by atoms with E-state index in [1.54, 1.807) is 25.3 Å². The lowest BCUT2D eigenvalue weighted by Gasteiger charge is -2.12. The van der Waals surface area contributed by atoms with Crippen molar-refractivity contribution >= 4 is 40.7 Å². The Bertz CT molecular complexity index is 617. The molecule has 1 aromatic carbocycles. The van der Waals surface area contributed by atoms with Gasteiger partial charge >= 0.3 is 0 Å². The zero-order valence-corrected chi connectivity index (χ0v) is 14.0. The Morgan fingerprint density at radius 1 is 1.18 bits per heavy atom. The number of nitrogens with zero attached hydrogens (tertiary/aromatic N) is 2. The van der Waals surface area contributed by atoms with Crippen molar-refractivity contribution in [1.29, 1.82) is 0 Å². The number of aryl methyl sites for hydroxylation is 1. The molecule has 118 valence electrons. The van der Waals surface area contributed by atoms with E-state index in [2.05, 4.69) is 20.6 Å². The van der Waals surface area contributed by atoms with E-state index in [1.807, 2.05) is 13.0 Å². The van der Waals surface area contributed by atoms with Crippen LogP contribution in [0.2, 0.25) is 10.0 Å². The molecule has 0 saturated heterocycles. The van der Waals surface area contributed by atoms with Gasteiger partial charge in [0.2, 0.25) is 5.95 Å². The second kappa shape index (κ2) is 8.17. The molecule has 2 N–H and O–H groups in total. The van der Waals surface area contributed by atoms with Gasteiger partial charge in [-0.2, -0.15) is 4.98 Å². The topological polar surface area (TPSA) is 59.1 Å². The zero-order chi connectivity index (χ0) is 15.9. The summed E-state index contributed by atoms with van der Waals surface area (Å²) < 4.78 is 5.01. The largest absolute Gasteiger partial charge is 0.385 e. The Morgan fingerprint density at radius 3 is 2.59 bits per heavy atom. The molecule has 0 aliphatic rings. The number of aromatic nitrogens is 2. The van der Waals surface area contributed by atoms with Crippen LogP contribution in [0, 0.1) is 6.92 Å². The molecular formula is C15H18Cl2N4O. The van der Waals surface area contributed by atoms with Gasteiger partial charge in [-0.3, -0.25) is 0 Å². The molecule has 0 radical (unpaired) electrons. The van der Waals surface area contributed by atoms with Crippen LogP contribution in [0.25, 0.3) is 0 Å². The second-order valence-corrected chi connectivity index (χ2v) is 5.53. The molecule has 1 aromatic heterocycles. The van der Waals surface area contributed by atoms with Crippen LogP contribution in [-0.4, -0.2) is 30.2 Å². The van der Waals surface area contributed by atoms with E-state index in [-0.39, 0.29) is 0 Å². The summed E-state index contributed by atoms with van der Waals surface area (Å²) >= 11 is 12.3. The zero-order valence-electron chi connectivity index (χ0n) is 12.5. The first kappa shape index (κ1) is 16.8. The summed E-state index contributed by atoms with van der Waals surface area (Å²) in [5.41, 5.74) is 1.48. The van der Waals surface area contributed by atoms with Crippen LogP contribution in [0.3, 0.4) is 0 Å². The molecule has 0 aliphatic heterocycles. The van der Waals surface area contributed by atoms with E-state index < -0.39 is 0 Å². The Balaban J connectivity index is 2.12. The fourth-order valence-electron chi connectivity index (χ4n) is 1.87. The van der Waals surface area contributed by atoms with Gasteiger partial charge in [0.1, 0.15) is 5.82 Å². The minimum Gasteiger partial charge on any atom is -0.385 e. The molecule has 7 heteroatoms. The lowest BCUT2D eigenvalue weighted by molar-refractivity contribution is 0.197. The number of hydrogen-bond acceptors (Lipinski definition) is 5. The van der Waals surface area contributed by atoms with E-state index in [9.17, 15) is 0 Å². The fraction of sp³-hybridized carbons (Fsp3) is 0.333. The molecule has 0 unspecified atom stereocenters. The number of anilines is 3. The third kappa shape index (κ3) is 4.73. The SMILES string of the molecule is COCCCNc1nc(C)cc(Nc2c(Cl)cccc2Cl)n1. The smallest absolute Gasteiger partial charge is 0.224 e. The number of hydrogen-bond donors (Lipinski definition) is 2. The van der Waals surface area contributed by atoms with Crippen molar-refractivity contribution in [3.05, 3.63) is 40.0 Å². The molecule has 2 rings (SSSR count). The molecule has 0 aliphatic carbocycles. The summed E-state index contributed by atoms with van der Waals surface area (Å²) in [6, 6.07) is 7.17. The van der Waals surface area contributed by atoms with E-state index >= 15 is 0 Å². The summed E-state index contributed by atoms with van der Waals surface area (Å²) in [6.07, 6.45) is 0.882. The van der Waals surface area contributed by atoms with Crippen LogP contribution in [0.4, 0.5) is 17.5 Å². The van der Waals surface area contributed by atoms with Crippen molar-refractivity contribution in [2.75, 3.05) is 30.9 Å². The third-order valence-corrected chi connectivity index (χ3v) is 3.51. The van der Waals surface area contributed by atoms with Gasteiger partial charge in [-0.05, 0) is 25.5 Å². The molecule has 0 fully saturated rings. The quantitative estimate of drug-likeness (QED) is 0.736. The van der Waals surface area contributed by atoms with E-state index in [4.69, 9.17) is 27.9 Å². The second-order valence-electron chi connectivity index (χ2n) is 4.71. The van der Waals surface area contributed by atoms with E-state index in [0.29, 0.717) is 34.1 Å². The summed E-state index contributed by atoms with van der Waals surface area (Å²) in [4.78, 5) is 8.77. The molecule has 5 nitrogen and oxygen atoms in total.